The molecule has 3 aromatic rings. The molecule has 2 atom stereocenters. The van der Waals surface area contributed by atoms with Crippen molar-refractivity contribution in [3.05, 3.63) is 39.8 Å². The minimum atomic E-state index is -0.241. The van der Waals surface area contributed by atoms with Gasteiger partial charge in [0.2, 0.25) is 5.95 Å². The third-order valence-corrected chi connectivity index (χ3v) is 9.06. The van der Waals surface area contributed by atoms with Gasteiger partial charge in [0.05, 0.1) is 33.3 Å². The normalized spacial score (nSPS) is 22.5. The maximum Gasteiger partial charge on any atom is 0.213 e. The van der Waals surface area contributed by atoms with Gasteiger partial charge in [-0.15, -0.1) is 10.2 Å². The molecule has 8 nitrogen and oxygen atoms in total. The molecule has 33 heavy (non-hydrogen) atoms. The summed E-state index contributed by atoms with van der Waals surface area (Å²) in [6, 6.07) is 5.56. The highest BCUT2D eigenvalue weighted by molar-refractivity contribution is 7.99. The van der Waals surface area contributed by atoms with Crippen molar-refractivity contribution in [3.63, 3.8) is 0 Å². The molecule has 176 valence electrons. The summed E-state index contributed by atoms with van der Waals surface area (Å²) in [5.74, 6) is 1.18. The number of hydrogen-bond donors (Lipinski definition) is 2. The van der Waals surface area contributed by atoms with Crippen molar-refractivity contribution in [2.45, 2.75) is 55.2 Å². The smallest absolute Gasteiger partial charge is 0.213 e. The first-order valence-electron chi connectivity index (χ1n) is 10.9. The average Bonchev–Trinajstić information content (AvgIpc) is 3.36. The van der Waals surface area contributed by atoms with Crippen LogP contribution in [0.2, 0.25) is 10.0 Å². The standard InChI is InChI=1S/C22H26Cl2N6O2S/c1-12-18(33-15-5-3-4-14(23)17(15)24)20-28-27-16(10-31)30(20)21(26-12)29-8-6-22(7-9-29)11-32-13(2)19(22)25/h3-5,13,19,31H,6-11,25H2,1-2H3. The van der Waals surface area contributed by atoms with E-state index in [0.717, 1.165) is 47.4 Å². The second-order valence-electron chi connectivity index (χ2n) is 8.81. The number of fused-ring (bicyclic) bond motifs is 1. The number of nitrogens with zero attached hydrogens (tertiary/aromatic N) is 5. The fourth-order valence-electron chi connectivity index (χ4n) is 4.82. The first-order valence-corrected chi connectivity index (χ1v) is 12.5. The number of ether oxygens (including phenoxy) is 1. The highest BCUT2D eigenvalue weighted by Gasteiger charge is 2.48. The second kappa shape index (κ2) is 8.87. The summed E-state index contributed by atoms with van der Waals surface area (Å²) in [5, 5.41) is 19.6. The molecule has 0 aliphatic carbocycles. The van der Waals surface area contributed by atoms with E-state index < -0.39 is 0 Å². The zero-order valence-corrected chi connectivity index (χ0v) is 20.8. The molecule has 2 aromatic heterocycles. The van der Waals surface area contributed by atoms with E-state index in [2.05, 4.69) is 15.1 Å². The van der Waals surface area contributed by atoms with Gasteiger partial charge in [-0.05, 0) is 38.8 Å². The summed E-state index contributed by atoms with van der Waals surface area (Å²) in [5.41, 5.74) is 7.95. The number of aliphatic hydroxyl groups excluding tert-OH is 1. The van der Waals surface area contributed by atoms with Crippen molar-refractivity contribution < 1.29 is 9.84 Å². The van der Waals surface area contributed by atoms with E-state index in [-0.39, 0.29) is 24.2 Å². The molecule has 0 saturated carbocycles. The number of aliphatic hydroxyl groups is 1. The lowest BCUT2D eigenvalue weighted by Gasteiger charge is -2.41. The van der Waals surface area contributed by atoms with Crippen LogP contribution in [0.4, 0.5) is 5.95 Å². The largest absolute Gasteiger partial charge is 0.388 e. The number of piperidine rings is 1. The Morgan fingerprint density at radius 2 is 2.03 bits per heavy atom. The molecule has 2 aliphatic rings. The topological polar surface area (TPSA) is 102 Å². The van der Waals surface area contributed by atoms with Crippen LogP contribution < -0.4 is 10.6 Å². The Bertz CT molecular complexity index is 1200. The number of rotatable bonds is 4. The third kappa shape index (κ3) is 3.88. The summed E-state index contributed by atoms with van der Waals surface area (Å²) in [6.45, 7) is 6.05. The van der Waals surface area contributed by atoms with E-state index in [1.807, 2.05) is 30.4 Å². The van der Waals surface area contributed by atoms with Gasteiger partial charge < -0.3 is 20.5 Å². The third-order valence-electron chi connectivity index (χ3n) is 6.89. The molecule has 3 N–H and O–H groups in total. The molecule has 2 saturated heterocycles. The Labute approximate surface area is 206 Å². The summed E-state index contributed by atoms with van der Waals surface area (Å²) in [6.07, 6.45) is 1.93. The maximum atomic E-state index is 9.96. The molecule has 11 heteroatoms. The minimum Gasteiger partial charge on any atom is -0.388 e. The summed E-state index contributed by atoms with van der Waals surface area (Å²) < 4.78 is 7.71. The Hall–Kier alpha value is -1.62. The van der Waals surface area contributed by atoms with Crippen molar-refractivity contribution >= 4 is 46.6 Å². The first-order chi connectivity index (χ1) is 15.8. The van der Waals surface area contributed by atoms with Crippen LogP contribution in [0.25, 0.3) is 5.65 Å². The summed E-state index contributed by atoms with van der Waals surface area (Å²) in [4.78, 5) is 8.80. The number of anilines is 1. The number of halogens is 2. The van der Waals surface area contributed by atoms with Gasteiger partial charge in [0.15, 0.2) is 11.5 Å². The van der Waals surface area contributed by atoms with Crippen molar-refractivity contribution in [1.82, 2.24) is 19.6 Å². The molecular weight excluding hydrogens is 483 g/mol. The summed E-state index contributed by atoms with van der Waals surface area (Å²) >= 11 is 14.1. The fraction of sp³-hybridized carbons (Fsp3) is 0.500. The van der Waals surface area contributed by atoms with Gasteiger partial charge in [-0.2, -0.15) is 0 Å². The fourth-order valence-corrected chi connectivity index (χ4v) is 6.27. The molecule has 1 spiro atoms. The van der Waals surface area contributed by atoms with Gasteiger partial charge in [0, 0.05) is 29.4 Å². The molecule has 2 aliphatic heterocycles. The van der Waals surface area contributed by atoms with E-state index in [1.165, 1.54) is 11.8 Å². The number of nitrogens with two attached hydrogens (primary N) is 1. The Balaban J connectivity index is 1.51. The van der Waals surface area contributed by atoms with Gasteiger partial charge in [0.1, 0.15) is 6.61 Å². The molecule has 0 radical (unpaired) electrons. The zero-order valence-electron chi connectivity index (χ0n) is 18.5. The highest BCUT2D eigenvalue weighted by atomic mass is 35.5. The first kappa shape index (κ1) is 23.1. The lowest BCUT2D eigenvalue weighted by atomic mass is 9.73. The molecule has 2 fully saturated rings. The number of aryl methyl sites for hydroxylation is 1. The minimum absolute atomic E-state index is 0.0101. The Morgan fingerprint density at radius 3 is 2.70 bits per heavy atom. The van der Waals surface area contributed by atoms with Crippen LogP contribution in [-0.4, -0.2) is 56.5 Å². The monoisotopic (exact) mass is 508 g/mol. The van der Waals surface area contributed by atoms with Crippen molar-refractivity contribution in [2.24, 2.45) is 11.1 Å². The summed E-state index contributed by atoms with van der Waals surface area (Å²) in [7, 11) is 0. The molecule has 2 unspecified atom stereocenters. The van der Waals surface area contributed by atoms with E-state index in [0.29, 0.717) is 28.1 Å². The molecule has 0 bridgehead atoms. The number of aromatic nitrogens is 4. The van der Waals surface area contributed by atoms with Crippen LogP contribution in [0.5, 0.6) is 0 Å². The lowest BCUT2D eigenvalue weighted by molar-refractivity contribution is 0.0973. The van der Waals surface area contributed by atoms with E-state index in [1.54, 1.807) is 6.07 Å². The SMILES string of the molecule is Cc1nc(N2CCC3(CC2)COC(C)C3N)n2c(CO)nnc2c1Sc1cccc(Cl)c1Cl. The quantitative estimate of drug-likeness (QED) is 0.549. The van der Waals surface area contributed by atoms with Crippen LogP contribution in [0.15, 0.2) is 28.0 Å². The molecular formula is C22H26Cl2N6O2S. The predicted molar refractivity (Wildman–Crippen MR) is 129 cm³/mol. The molecule has 5 rings (SSSR count). The molecule has 0 amide bonds. The highest BCUT2D eigenvalue weighted by Crippen LogP contribution is 2.43. The number of hydrogen-bond acceptors (Lipinski definition) is 8. The van der Waals surface area contributed by atoms with E-state index in [9.17, 15) is 5.11 Å². The van der Waals surface area contributed by atoms with Crippen LogP contribution in [-0.2, 0) is 11.3 Å². The van der Waals surface area contributed by atoms with Gasteiger partial charge in [-0.25, -0.2) is 9.38 Å². The van der Waals surface area contributed by atoms with Gasteiger partial charge in [-0.1, -0.05) is 41.0 Å². The van der Waals surface area contributed by atoms with Crippen molar-refractivity contribution in [3.8, 4) is 0 Å². The average molecular weight is 509 g/mol. The van der Waals surface area contributed by atoms with Gasteiger partial charge in [0.25, 0.3) is 0 Å². The van der Waals surface area contributed by atoms with Crippen LogP contribution in [0.3, 0.4) is 0 Å². The number of benzene rings is 1. The van der Waals surface area contributed by atoms with Crippen LogP contribution in [0, 0.1) is 12.3 Å². The zero-order chi connectivity index (χ0) is 23.3. The van der Waals surface area contributed by atoms with Crippen molar-refractivity contribution in [1.29, 1.82) is 0 Å². The van der Waals surface area contributed by atoms with Crippen LogP contribution in [0.1, 0.15) is 31.3 Å². The lowest BCUT2D eigenvalue weighted by Crippen LogP contribution is -2.51. The molecule has 4 heterocycles. The molecule has 1 aromatic carbocycles. The van der Waals surface area contributed by atoms with Crippen molar-refractivity contribution in [2.75, 3.05) is 24.6 Å². The van der Waals surface area contributed by atoms with E-state index >= 15 is 0 Å². The second-order valence-corrected chi connectivity index (χ2v) is 10.6. The van der Waals surface area contributed by atoms with Gasteiger partial charge >= 0.3 is 0 Å². The van der Waals surface area contributed by atoms with Gasteiger partial charge in [-0.3, -0.25) is 0 Å². The van der Waals surface area contributed by atoms with E-state index in [4.69, 9.17) is 38.7 Å². The predicted octanol–water partition coefficient (Wildman–Crippen LogP) is 3.72. The Kier molecular flexibility index (Phi) is 6.22. The maximum absolute atomic E-state index is 9.96. The van der Waals surface area contributed by atoms with Crippen LogP contribution >= 0.6 is 35.0 Å². The Morgan fingerprint density at radius 1 is 1.27 bits per heavy atom.